The number of pyridine rings is 1. The highest BCUT2D eigenvalue weighted by atomic mass is 35.5. The molecule has 1 saturated heterocycles. The van der Waals surface area contributed by atoms with Crippen molar-refractivity contribution < 1.29 is 14.7 Å². The summed E-state index contributed by atoms with van der Waals surface area (Å²) in [6.45, 7) is 2.03. The quantitative estimate of drug-likeness (QED) is 0.370. The van der Waals surface area contributed by atoms with Crippen LogP contribution in [-0.2, 0) is 16.0 Å². The molecule has 1 aromatic heterocycles. The highest BCUT2D eigenvalue weighted by Crippen LogP contribution is 2.41. The number of ketones is 1. The van der Waals surface area contributed by atoms with Crippen molar-refractivity contribution in [2.24, 2.45) is 0 Å². The minimum atomic E-state index is -0.865. The molecular formula is C24H19ClN2O3. The van der Waals surface area contributed by atoms with E-state index in [4.69, 9.17) is 11.6 Å². The minimum absolute atomic E-state index is 0.00271. The van der Waals surface area contributed by atoms with Crippen molar-refractivity contribution in [1.29, 1.82) is 0 Å². The van der Waals surface area contributed by atoms with Gasteiger partial charge in [0.05, 0.1) is 11.3 Å². The van der Waals surface area contributed by atoms with Crippen LogP contribution in [0.5, 0.6) is 0 Å². The molecule has 3 aromatic rings. The van der Waals surface area contributed by atoms with Gasteiger partial charge in [-0.25, -0.2) is 0 Å². The zero-order valence-electron chi connectivity index (χ0n) is 16.2. The van der Waals surface area contributed by atoms with E-state index >= 15 is 0 Å². The third-order valence-electron chi connectivity index (χ3n) is 5.13. The molecule has 1 unspecified atom stereocenters. The Morgan fingerprint density at radius 3 is 2.47 bits per heavy atom. The van der Waals surface area contributed by atoms with Crippen molar-refractivity contribution in [1.82, 2.24) is 4.98 Å². The first-order valence-corrected chi connectivity index (χ1v) is 9.96. The van der Waals surface area contributed by atoms with Gasteiger partial charge in [0.2, 0.25) is 0 Å². The molecule has 1 fully saturated rings. The summed E-state index contributed by atoms with van der Waals surface area (Å²) in [7, 11) is 0. The van der Waals surface area contributed by atoms with Gasteiger partial charge >= 0.3 is 0 Å². The predicted octanol–water partition coefficient (Wildman–Crippen LogP) is 4.92. The Balaban J connectivity index is 1.92. The van der Waals surface area contributed by atoms with Crippen LogP contribution < -0.4 is 4.90 Å². The second-order valence-corrected chi connectivity index (χ2v) is 7.39. The maximum Gasteiger partial charge on any atom is 0.300 e. The van der Waals surface area contributed by atoms with E-state index in [0.717, 1.165) is 12.0 Å². The first kappa shape index (κ1) is 19.9. The second kappa shape index (κ2) is 8.13. The highest BCUT2D eigenvalue weighted by Gasteiger charge is 2.47. The summed E-state index contributed by atoms with van der Waals surface area (Å²) in [5.41, 5.74) is 2.51. The zero-order valence-corrected chi connectivity index (χ0v) is 17.0. The number of anilines is 1. The molecule has 6 heteroatoms. The average molecular weight is 419 g/mol. The number of nitrogens with zero attached hydrogens (tertiary/aromatic N) is 2. The van der Waals surface area contributed by atoms with Gasteiger partial charge in [0, 0.05) is 22.5 Å². The van der Waals surface area contributed by atoms with Gasteiger partial charge in [-0.05, 0) is 42.3 Å². The summed E-state index contributed by atoms with van der Waals surface area (Å²) in [6.07, 6.45) is 2.44. The summed E-state index contributed by atoms with van der Waals surface area (Å²) >= 11 is 6.12. The van der Waals surface area contributed by atoms with E-state index in [9.17, 15) is 14.7 Å². The fraction of sp³-hybridized carbons (Fsp3) is 0.125. The van der Waals surface area contributed by atoms with E-state index in [1.165, 1.54) is 4.90 Å². The molecule has 0 saturated carbocycles. The Bertz CT molecular complexity index is 1140. The van der Waals surface area contributed by atoms with E-state index in [1.54, 1.807) is 60.8 Å². The van der Waals surface area contributed by atoms with Gasteiger partial charge in [-0.15, -0.1) is 0 Å². The smallest absolute Gasteiger partial charge is 0.300 e. The van der Waals surface area contributed by atoms with Gasteiger partial charge in [-0.3, -0.25) is 19.5 Å². The molecule has 2 aromatic carbocycles. The van der Waals surface area contributed by atoms with Crippen LogP contribution in [0, 0.1) is 0 Å². The van der Waals surface area contributed by atoms with Crippen LogP contribution in [0.25, 0.3) is 5.76 Å². The van der Waals surface area contributed by atoms with Crippen LogP contribution in [0.4, 0.5) is 5.69 Å². The Morgan fingerprint density at radius 1 is 1.07 bits per heavy atom. The van der Waals surface area contributed by atoms with E-state index in [1.807, 2.05) is 19.1 Å². The number of benzene rings is 2. The van der Waals surface area contributed by atoms with Crippen molar-refractivity contribution in [3.8, 4) is 0 Å². The van der Waals surface area contributed by atoms with Gasteiger partial charge < -0.3 is 5.11 Å². The molecule has 1 amide bonds. The third kappa shape index (κ3) is 3.48. The van der Waals surface area contributed by atoms with Crippen molar-refractivity contribution in [3.05, 3.63) is 100 Å². The number of aryl methyl sites for hydroxylation is 1. The molecule has 1 aliphatic heterocycles. The number of carbonyl (C=O) groups is 2. The topological polar surface area (TPSA) is 70.5 Å². The number of aromatic nitrogens is 1. The fourth-order valence-corrected chi connectivity index (χ4v) is 3.78. The molecule has 0 aliphatic carbocycles. The third-order valence-corrected chi connectivity index (χ3v) is 5.37. The van der Waals surface area contributed by atoms with Gasteiger partial charge in [0.15, 0.2) is 0 Å². The molecular weight excluding hydrogens is 400 g/mol. The lowest BCUT2D eigenvalue weighted by atomic mass is 9.97. The van der Waals surface area contributed by atoms with Crippen LogP contribution in [0.2, 0.25) is 5.02 Å². The summed E-state index contributed by atoms with van der Waals surface area (Å²) in [6, 6.07) is 18.3. The van der Waals surface area contributed by atoms with Gasteiger partial charge in [0.25, 0.3) is 11.7 Å². The van der Waals surface area contributed by atoms with Crippen LogP contribution >= 0.6 is 11.6 Å². The van der Waals surface area contributed by atoms with Crippen LogP contribution in [0.3, 0.4) is 0 Å². The highest BCUT2D eigenvalue weighted by molar-refractivity contribution is 6.51. The maximum absolute atomic E-state index is 13.0. The lowest BCUT2D eigenvalue weighted by molar-refractivity contribution is -0.132. The second-order valence-electron chi connectivity index (χ2n) is 6.95. The lowest BCUT2D eigenvalue weighted by Gasteiger charge is -2.24. The van der Waals surface area contributed by atoms with Crippen molar-refractivity contribution in [2.45, 2.75) is 19.4 Å². The SMILES string of the molecule is CCc1ccc(/C(O)=C2\C(=O)C(=O)N(c3cccc(Cl)c3)C2c2ccccn2)cc1. The lowest BCUT2D eigenvalue weighted by Crippen LogP contribution is -2.29. The molecule has 150 valence electrons. The largest absolute Gasteiger partial charge is 0.507 e. The Kier molecular flexibility index (Phi) is 5.38. The van der Waals surface area contributed by atoms with Crippen LogP contribution in [0.1, 0.15) is 29.8 Å². The van der Waals surface area contributed by atoms with Gasteiger partial charge in [0.1, 0.15) is 11.8 Å². The Morgan fingerprint density at radius 2 is 1.83 bits per heavy atom. The summed E-state index contributed by atoms with van der Waals surface area (Å²) in [5.74, 6) is -1.72. The minimum Gasteiger partial charge on any atom is -0.507 e. The molecule has 0 radical (unpaired) electrons. The van der Waals surface area contributed by atoms with E-state index < -0.39 is 17.7 Å². The van der Waals surface area contributed by atoms with Crippen LogP contribution in [0.15, 0.2) is 78.5 Å². The first-order valence-electron chi connectivity index (χ1n) is 9.58. The molecule has 30 heavy (non-hydrogen) atoms. The number of rotatable bonds is 4. The number of hydrogen-bond acceptors (Lipinski definition) is 4. The molecule has 1 atom stereocenters. The van der Waals surface area contributed by atoms with Crippen molar-refractivity contribution in [2.75, 3.05) is 4.90 Å². The molecule has 2 heterocycles. The molecule has 0 bridgehead atoms. The van der Waals surface area contributed by atoms with E-state index in [-0.39, 0.29) is 11.3 Å². The number of carbonyl (C=O) groups excluding carboxylic acids is 2. The Labute approximate surface area is 179 Å². The summed E-state index contributed by atoms with van der Waals surface area (Å²) in [4.78, 5) is 31.7. The monoisotopic (exact) mass is 418 g/mol. The fourth-order valence-electron chi connectivity index (χ4n) is 3.60. The molecule has 1 aliphatic rings. The zero-order chi connectivity index (χ0) is 21.3. The number of amides is 1. The number of halogens is 1. The summed E-state index contributed by atoms with van der Waals surface area (Å²) in [5, 5.41) is 11.5. The van der Waals surface area contributed by atoms with Gasteiger partial charge in [-0.1, -0.05) is 54.9 Å². The van der Waals surface area contributed by atoms with Crippen LogP contribution in [-0.4, -0.2) is 21.8 Å². The molecule has 4 rings (SSSR count). The molecule has 5 nitrogen and oxygen atoms in total. The number of aliphatic hydroxyl groups excluding tert-OH is 1. The normalized spacial score (nSPS) is 18.1. The van der Waals surface area contributed by atoms with E-state index in [0.29, 0.717) is 22.0 Å². The molecule has 1 N–H and O–H groups in total. The number of Topliss-reactive ketones (excluding diaryl/α,β-unsaturated/α-hetero) is 1. The van der Waals surface area contributed by atoms with Gasteiger partial charge in [-0.2, -0.15) is 0 Å². The van der Waals surface area contributed by atoms with Crippen molar-refractivity contribution in [3.63, 3.8) is 0 Å². The average Bonchev–Trinajstić information content (AvgIpc) is 3.04. The number of aliphatic hydroxyl groups is 1. The standard InChI is InChI=1S/C24H19ClN2O3/c1-2-15-9-11-16(12-10-15)22(28)20-21(19-8-3-4-13-26-19)27(24(30)23(20)29)18-7-5-6-17(25)14-18/h3-14,21,28H,2H2,1H3/b22-20+. The number of hydrogen-bond donors (Lipinski definition) is 1. The van der Waals surface area contributed by atoms with Crippen molar-refractivity contribution >= 4 is 34.7 Å². The van der Waals surface area contributed by atoms with E-state index in [2.05, 4.69) is 4.98 Å². The Hall–Kier alpha value is -3.44. The summed E-state index contributed by atoms with van der Waals surface area (Å²) < 4.78 is 0. The first-order chi connectivity index (χ1) is 14.5. The predicted molar refractivity (Wildman–Crippen MR) is 116 cm³/mol. The molecule has 0 spiro atoms. The maximum atomic E-state index is 13.0.